The average molecular weight is 847 g/mol. The monoisotopic (exact) mass is 847 g/mol. The molecule has 0 aromatic carbocycles. The van der Waals surface area contributed by atoms with Gasteiger partial charge < -0.3 is 39.9 Å². The molecule has 6 atom stereocenters. The number of carbonyl (C=O) groups is 2. The number of rotatable bonds is 36. The first-order valence-corrected chi connectivity index (χ1v) is 23.8. The van der Waals surface area contributed by atoms with Crippen molar-refractivity contribution in [3.8, 4) is 0 Å². The molecule has 0 amide bonds. The number of allylic oxidation sites excluding steroid dienone is 6. The summed E-state index contributed by atoms with van der Waals surface area (Å²) in [6.07, 6.45) is 24.9. The van der Waals surface area contributed by atoms with Gasteiger partial charge in [0.2, 0.25) is 0 Å². The van der Waals surface area contributed by atoms with E-state index in [1.807, 2.05) is 0 Å². The fourth-order valence-electron chi connectivity index (χ4n) is 6.55. The fourth-order valence-corrected chi connectivity index (χ4v) is 7.53. The van der Waals surface area contributed by atoms with Gasteiger partial charge in [0.15, 0.2) is 6.10 Å². The van der Waals surface area contributed by atoms with E-state index in [1.54, 1.807) is 0 Å². The van der Waals surface area contributed by atoms with Crippen molar-refractivity contribution >= 4 is 19.8 Å². The van der Waals surface area contributed by atoms with Crippen molar-refractivity contribution in [2.24, 2.45) is 0 Å². The van der Waals surface area contributed by atoms with Crippen molar-refractivity contribution in [3.63, 3.8) is 0 Å². The molecule has 0 saturated heterocycles. The van der Waals surface area contributed by atoms with Gasteiger partial charge in [0.25, 0.3) is 0 Å². The molecule has 1 fully saturated rings. The van der Waals surface area contributed by atoms with E-state index in [0.29, 0.717) is 12.8 Å². The minimum atomic E-state index is -5.12. The summed E-state index contributed by atoms with van der Waals surface area (Å²) in [6.45, 7) is 3.20. The second kappa shape index (κ2) is 34.7. The number of aliphatic hydroxyl groups is 5. The predicted octanol–water partition coefficient (Wildman–Crippen LogP) is 8.22. The van der Waals surface area contributed by atoms with Crippen LogP contribution in [0.2, 0.25) is 0 Å². The standard InChI is InChI=1S/C44H79O13P/c1-3-5-7-9-11-13-15-17-18-19-21-22-24-26-28-30-32-37(45)54-34-36(35-55-58(52,53)57-44-42(50)40(48)39(47)41(49)43(44)51)56-38(46)33-31-29-27-25-23-20-16-14-12-10-8-6-4-2/h8,10,14,16,18-19,36,39-44,47-51H,3-7,9,11-13,15,17,20-35H2,1-2H3,(H,52,53)/b10-8-,16-14-,19-18-. The van der Waals surface area contributed by atoms with Gasteiger partial charge in [0.1, 0.15) is 43.2 Å². The number of unbranched alkanes of at least 4 members (excludes halogenated alkanes) is 18. The van der Waals surface area contributed by atoms with E-state index in [9.17, 15) is 44.6 Å². The van der Waals surface area contributed by atoms with E-state index in [1.165, 1.54) is 44.9 Å². The number of hydrogen-bond acceptors (Lipinski definition) is 12. The minimum absolute atomic E-state index is 0.0786. The summed E-state index contributed by atoms with van der Waals surface area (Å²) in [5, 5.41) is 50.1. The Morgan fingerprint density at radius 3 is 1.48 bits per heavy atom. The Kier molecular flexibility index (Phi) is 32.4. The highest BCUT2D eigenvalue weighted by Gasteiger charge is 2.51. The Labute approximate surface area is 348 Å². The molecule has 0 heterocycles. The largest absolute Gasteiger partial charge is 0.472 e. The van der Waals surface area contributed by atoms with Crippen molar-refractivity contribution in [2.75, 3.05) is 13.2 Å². The number of phosphoric ester groups is 1. The van der Waals surface area contributed by atoms with Crippen LogP contribution in [0.5, 0.6) is 0 Å². The van der Waals surface area contributed by atoms with E-state index < -0.39 is 75.7 Å². The summed E-state index contributed by atoms with van der Waals surface area (Å²) < 4.78 is 33.4. The molecule has 338 valence electrons. The SMILES string of the molecule is CCC/C=C\C/C=C\CCCCCCCC(=O)OC(COC(=O)CCCCCCC/C=C\CCCCCCCCC)COP(=O)(O)OC1C(O)C(O)C(O)C(O)C1O. The average Bonchev–Trinajstić information content (AvgIpc) is 3.20. The van der Waals surface area contributed by atoms with Crippen LogP contribution in [0, 0.1) is 0 Å². The van der Waals surface area contributed by atoms with Gasteiger partial charge in [-0.1, -0.05) is 134 Å². The van der Waals surface area contributed by atoms with E-state index in [-0.39, 0.29) is 12.8 Å². The molecule has 6 N–H and O–H groups in total. The van der Waals surface area contributed by atoms with Crippen molar-refractivity contribution in [2.45, 2.75) is 217 Å². The van der Waals surface area contributed by atoms with E-state index in [0.717, 1.165) is 89.9 Å². The predicted molar refractivity (Wildman–Crippen MR) is 226 cm³/mol. The maximum absolute atomic E-state index is 12.8. The zero-order valence-corrected chi connectivity index (χ0v) is 36.5. The molecule has 0 bridgehead atoms. The molecule has 6 unspecified atom stereocenters. The van der Waals surface area contributed by atoms with Gasteiger partial charge in [0, 0.05) is 12.8 Å². The maximum Gasteiger partial charge on any atom is 0.472 e. The Morgan fingerprint density at radius 2 is 0.966 bits per heavy atom. The zero-order chi connectivity index (χ0) is 42.9. The molecule has 58 heavy (non-hydrogen) atoms. The number of hydrogen-bond donors (Lipinski definition) is 6. The molecular weight excluding hydrogens is 767 g/mol. The fraction of sp³-hybridized carbons (Fsp3) is 0.818. The molecule has 0 aliphatic heterocycles. The Morgan fingerprint density at radius 1 is 0.534 bits per heavy atom. The molecule has 13 nitrogen and oxygen atoms in total. The summed E-state index contributed by atoms with van der Waals surface area (Å²) in [5.74, 6) is -1.13. The molecule has 1 rings (SSSR count). The zero-order valence-electron chi connectivity index (χ0n) is 35.6. The van der Waals surface area contributed by atoms with Crippen molar-refractivity contribution in [1.82, 2.24) is 0 Å². The molecule has 0 radical (unpaired) electrons. The summed E-state index contributed by atoms with van der Waals surface area (Å²) in [4.78, 5) is 35.6. The molecule has 0 aromatic rings. The molecule has 14 heteroatoms. The van der Waals surface area contributed by atoms with Crippen LogP contribution in [0.1, 0.15) is 174 Å². The molecule has 1 saturated carbocycles. The van der Waals surface area contributed by atoms with Crippen molar-refractivity contribution < 1.29 is 63.1 Å². The van der Waals surface area contributed by atoms with Crippen LogP contribution >= 0.6 is 7.82 Å². The van der Waals surface area contributed by atoms with Crippen molar-refractivity contribution in [1.29, 1.82) is 0 Å². The first-order chi connectivity index (χ1) is 27.9. The normalized spacial score (nSPS) is 22.8. The lowest BCUT2D eigenvalue weighted by molar-refractivity contribution is -0.220. The van der Waals surface area contributed by atoms with E-state index in [2.05, 4.69) is 50.3 Å². The maximum atomic E-state index is 12.8. The quantitative estimate of drug-likeness (QED) is 0.0152. The lowest BCUT2D eigenvalue weighted by Crippen LogP contribution is -2.64. The second-order valence-electron chi connectivity index (χ2n) is 15.5. The number of carbonyl (C=O) groups excluding carboxylic acids is 2. The van der Waals surface area contributed by atoms with Gasteiger partial charge in [-0.15, -0.1) is 0 Å². The van der Waals surface area contributed by atoms with Crippen LogP contribution in [0.4, 0.5) is 0 Å². The third kappa shape index (κ3) is 27.0. The molecular formula is C44H79O13P. The van der Waals surface area contributed by atoms with E-state index in [4.69, 9.17) is 18.5 Å². The van der Waals surface area contributed by atoms with Crippen LogP contribution < -0.4 is 0 Å². The number of phosphoric acid groups is 1. The third-order valence-electron chi connectivity index (χ3n) is 10.2. The molecule has 0 aromatic heterocycles. The number of esters is 2. The minimum Gasteiger partial charge on any atom is -0.462 e. The summed E-state index contributed by atoms with van der Waals surface area (Å²) in [6, 6.07) is 0. The van der Waals surface area contributed by atoms with Gasteiger partial charge in [0.05, 0.1) is 6.61 Å². The van der Waals surface area contributed by atoms with Gasteiger partial charge in [-0.3, -0.25) is 18.6 Å². The summed E-state index contributed by atoms with van der Waals surface area (Å²) in [7, 11) is -5.12. The van der Waals surface area contributed by atoms with Crippen LogP contribution in [-0.2, 0) is 32.7 Å². The molecule has 1 aliphatic rings. The van der Waals surface area contributed by atoms with Gasteiger partial charge in [-0.05, 0) is 64.2 Å². The van der Waals surface area contributed by atoms with Crippen LogP contribution in [0.15, 0.2) is 36.5 Å². The smallest absolute Gasteiger partial charge is 0.462 e. The van der Waals surface area contributed by atoms with Crippen molar-refractivity contribution in [3.05, 3.63) is 36.5 Å². The first kappa shape index (κ1) is 54.1. The highest BCUT2D eigenvalue weighted by molar-refractivity contribution is 7.47. The third-order valence-corrected chi connectivity index (χ3v) is 11.2. The van der Waals surface area contributed by atoms with E-state index >= 15 is 0 Å². The summed E-state index contributed by atoms with van der Waals surface area (Å²) in [5.41, 5.74) is 0. The Hall–Kier alpha value is -1.93. The lowest BCUT2D eigenvalue weighted by atomic mass is 9.85. The Balaban J connectivity index is 2.48. The molecule has 0 spiro atoms. The van der Waals surface area contributed by atoms with Gasteiger partial charge in [-0.25, -0.2) is 4.57 Å². The van der Waals surface area contributed by atoms with Crippen LogP contribution in [0.3, 0.4) is 0 Å². The van der Waals surface area contributed by atoms with Gasteiger partial charge >= 0.3 is 19.8 Å². The molecule has 1 aliphatic carbocycles. The second-order valence-corrected chi connectivity index (χ2v) is 16.9. The topological polar surface area (TPSA) is 210 Å². The summed E-state index contributed by atoms with van der Waals surface area (Å²) >= 11 is 0. The number of ether oxygens (including phenoxy) is 2. The lowest BCUT2D eigenvalue weighted by Gasteiger charge is -2.41. The number of aliphatic hydroxyl groups excluding tert-OH is 5. The van der Waals surface area contributed by atoms with Gasteiger partial charge in [-0.2, -0.15) is 0 Å². The van der Waals surface area contributed by atoms with Crippen LogP contribution in [-0.4, -0.2) is 98.3 Å². The van der Waals surface area contributed by atoms with Crippen LogP contribution in [0.25, 0.3) is 0 Å². The first-order valence-electron chi connectivity index (χ1n) is 22.3. The Bertz CT molecular complexity index is 1160. The highest BCUT2D eigenvalue weighted by atomic mass is 31.2. The highest BCUT2D eigenvalue weighted by Crippen LogP contribution is 2.47.